The third-order valence-corrected chi connectivity index (χ3v) is 3.45. The standard InChI is InChI=1S/C16H22N4O4/c1-11(21)18-16-13(10-17-2)20(19-24-16)8-7-12-5-6-14(22-3)15(9-12)23-4/h5-6,9,17H,7-8,10H2,1-4H3. The normalized spacial score (nSPS) is 11.6. The number of hydrogen-bond donors (Lipinski definition) is 1. The van der Waals surface area contributed by atoms with Crippen LogP contribution in [0.3, 0.4) is 0 Å². The van der Waals surface area contributed by atoms with E-state index in [1.807, 2.05) is 25.2 Å². The minimum Gasteiger partial charge on any atom is -0.862 e. The number of nitrogens with one attached hydrogen (secondary N) is 1. The third kappa shape index (κ3) is 4.23. The van der Waals surface area contributed by atoms with Crippen LogP contribution in [0, 0.1) is 0 Å². The predicted octanol–water partition coefficient (Wildman–Crippen LogP) is 0.352. The van der Waals surface area contributed by atoms with Gasteiger partial charge in [0.1, 0.15) is 0 Å². The number of aryl methyl sites for hydroxylation is 2. The van der Waals surface area contributed by atoms with Crippen LogP contribution in [0.1, 0.15) is 18.2 Å². The van der Waals surface area contributed by atoms with Crippen LogP contribution in [-0.2, 0) is 19.5 Å². The molecule has 0 aliphatic rings. The Morgan fingerprint density at radius 2 is 2.08 bits per heavy atom. The number of ether oxygens (including phenoxy) is 2. The Morgan fingerprint density at radius 1 is 1.33 bits per heavy atom. The van der Waals surface area contributed by atoms with Gasteiger partial charge >= 0.3 is 5.88 Å². The first kappa shape index (κ1) is 17.7. The fraction of sp³-hybridized carbons (Fsp3) is 0.438. The van der Waals surface area contributed by atoms with E-state index in [1.165, 1.54) is 6.92 Å². The van der Waals surface area contributed by atoms with E-state index in [-0.39, 0.29) is 11.8 Å². The van der Waals surface area contributed by atoms with Crippen molar-refractivity contribution in [2.45, 2.75) is 26.4 Å². The molecule has 0 aliphatic heterocycles. The van der Waals surface area contributed by atoms with Crippen molar-refractivity contribution in [3.05, 3.63) is 29.5 Å². The van der Waals surface area contributed by atoms with Gasteiger partial charge in [-0.05, 0) is 42.2 Å². The summed E-state index contributed by atoms with van der Waals surface area (Å²) >= 11 is 0. The van der Waals surface area contributed by atoms with Crippen LogP contribution >= 0.6 is 0 Å². The second-order valence-electron chi connectivity index (χ2n) is 5.15. The second-order valence-corrected chi connectivity index (χ2v) is 5.15. The Kier molecular flexibility index (Phi) is 6.14. The molecule has 1 N–H and O–H groups in total. The van der Waals surface area contributed by atoms with Crippen LogP contribution in [-0.4, -0.2) is 32.4 Å². The molecule has 0 aliphatic carbocycles. The summed E-state index contributed by atoms with van der Waals surface area (Å²) in [5.41, 5.74) is 1.80. The number of aromatic nitrogens is 2. The zero-order valence-corrected chi connectivity index (χ0v) is 14.3. The van der Waals surface area contributed by atoms with Gasteiger partial charge in [0.2, 0.25) is 5.27 Å². The summed E-state index contributed by atoms with van der Waals surface area (Å²) < 4.78 is 17.4. The maximum atomic E-state index is 11.2. The van der Waals surface area contributed by atoms with E-state index in [4.69, 9.17) is 14.0 Å². The lowest BCUT2D eigenvalue weighted by atomic mass is 10.1. The van der Waals surface area contributed by atoms with Crippen LogP contribution in [0.4, 0.5) is 5.88 Å². The molecule has 0 fully saturated rings. The number of hydrogen-bond acceptors (Lipinski definition) is 7. The molecule has 0 saturated heterocycles. The van der Waals surface area contributed by atoms with Crippen molar-refractivity contribution in [1.29, 1.82) is 0 Å². The van der Waals surface area contributed by atoms with Crippen molar-refractivity contribution >= 4 is 11.8 Å². The van der Waals surface area contributed by atoms with Gasteiger partial charge in [0.25, 0.3) is 5.69 Å². The number of benzene rings is 1. The first-order valence-corrected chi connectivity index (χ1v) is 7.55. The Bertz CT molecular complexity index is 708. The van der Waals surface area contributed by atoms with Gasteiger partial charge in [0.05, 0.1) is 20.8 Å². The Morgan fingerprint density at radius 3 is 2.71 bits per heavy atom. The number of nitrogens with zero attached hydrogens (tertiary/aromatic N) is 3. The fourth-order valence-corrected chi connectivity index (χ4v) is 2.31. The molecule has 0 spiro atoms. The predicted molar refractivity (Wildman–Crippen MR) is 85.5 cm³/mol. The highest BCUT2D eigenvalue weighted by atomic mass is 16.5. The van der Waals surface area contributed by atoms with E-state index >= 15 is 0 Å². The van der Waals surface area contributed by atoms with Gasteiger partial charge in [-0.25, -0.2) is 4.99 Å². The van der Waals surface area contributed by atoms with E-state index in [2.05, 4.69) is 15.6 Å². The van der Waals surface area contributed by atoms with Crippen LogP contribution in [0.25, 0.3) is 0 Å². The van der Waals surface area contributed by atoms with Crippen LogP contribution in [0.2, 0.25) is 0 Å². The molecule has 0 bridgehead atoms. The van der Waals surface area contributed by atoms with Crippen molar-refractivity contribution in [2.24, 2.45) is 4.99 Å². The molecule has 8 heteroatoms. The SMILES string of the molecule is CNCc1c(/N=C(/C)[O-])on[n+]1CCc1ccc(OC)c(OC)c1. The van der Waals surface area contributed by atoms with Gasteiger partial charge < -0.3 is 19.9 Å². The summed E-state index contributed by atoms with van der Waals surface area (Å²) in [5, 5.41) is 18.2. The first-order valence-electron chi connectivity index (χ1n) is 7.55. The lowest BCUT2D eigenvalue weighted by molar-refractivity contribution is -0.767. The number of aliphatic imine (C=N–C) groups is 1. The first-order chi connectivity index (χ1) is 11.6. The van der Waals surface area contributed by atoms with Crippen molar-refractivity contribution < 1.29 is 23.8 Å². The monoisotopic (exact) mass is 334 g/mol. The smallest absolute Gasteiger partial charge is 0.325 e. The highest BCUT2D eigenvalue weighted by molar-refractivity contribution is 5.71. The second kappa shape index (κ2) is 8.30. The van der Waals surface area contributed by atoms with Gasteiger partial charge in [-0.3, -0.25) is 4.52 Å². The third-order valence-electron chi connectivity index (χ3n) is 3.45. The average molecular weight is 334 g/mol. The Balaban J connectivity index is 2.17. The van der Waals surface area contributed by atoms with E-state index < -0.39 is 0 Å². The largest absolute Gasteiger partial charge is 0.862 e. The summed E-state index contributed by atoms with van der Waals surface area (Å²) in [6.07, 6.45) is 0.716. The van der Waals surface area contributed by atoms with Crippen molar-refractivity contribution in [2.75, 3.05) is 21.3 Å². The topological polar surface area (TPSA) is 95.8 Å². The molecular weight excluding hydrogens is 312 g/mol. The van der Waals surface area contributed by atoms with Gasteiger partial charge in [0.15, 0.2) is 18.0 Å². The molecule has 130 valence electrons. The van der Waals surface area contributed by atoms with E-state index in [0.717, 1.165) is 11.3 Å². The molecule has 0 atom stereocenters. The molecule has 2 aromatic rings. The molecule has 1 aromatic carbocycles. The summed E-state index contributed by atoms with van der Waals surface area (Å²) in [7, 11) is 5.02. The van der Waals surface area contributed by atoms with E-state index in [0.29, 0.717) is 31.0 Å². The van der Waals surface area contributed by atoms with E-state index in [9.17, 15) is 5.11 Å². The summed E-state index contributed by atoms with van der Waals surface area (Å²) in [6, 6.07) is 5.77. The van der Waals surface area contributed by atoms with Crippen molar-refractivity contribution in [1.82, 2.24) is 10.6 Å². The van der Waals surface area contributed by atoms with Crippen LogP contribution in [0.5, 0.6) is 11.5 Å². The molecule has 8 nitrogen and oxygen atoms in total. The molecule has 0 unspecified atom stereocenters. The van der Waals surface area contributed by atoms with Crippen LogP contribution in [0.15, 0.2) is 27.7 Å². The van der Waals surface area contributed by atoms with Crippen molar-refractivity contribution in [3.8, 4) is 11.5 Å². The van der Waals surface area contributed by atoms with Gasteiger partial charge in [0, 0.05) is 6.42 Å². The molecular formula is C16H22N4O4. The van der Waals surface area contributed by atoms with Gasteiger partial charge in [-0.15, -0.1) is 0 Å². The average Bonchev–Trinajstić information content (AvgIpc) is 2.94. The lowest BCUT2D eigenvalue weighted by Crippen LogP contribution is -2.41. The Labute approximate surface area is 140 Å². The molecule has 0 radical (unpaired) electrons. The highest BCUT2D eigenvalue weighted by Gasteiger charge is 2.23. The molecule has 1 aromatic heterocycles. The zero-order chi connectivity index (χ0) is 17.5. The van der Waals surface area contributed by atoms with Crippen molar-refractivity contribution in [3.63, 3.8) is 0 Å². The Hall–Kier alpha value is -2.61. The van der Waals surface area contributed by atoms with Crippen LogP contribution < -0.4 is 24.6 Å². The summed E-state index contributed by atoms with van der Waals surface area (Å²) in [6.45, 7) is 2.46. The zero-order valence-electron chi connectivity index (χ0n) is 14.3. The highest BCUT2D eigenvalue weighted by Crippen LogP contribution is 2.27. The number of rotatable bonds is 8. The summed E-state index contributed by atoms with van der Waals surface area (Å²) in [4.78, 5) is 3.84. The fourth-order valence-electron chi connectivity index (χ4n) is 2.31. The lowest BCUT2D eigenvalue weighted by Gasteiger charge is -2.08. The quantitative estimate of drug-likeness (QED) is 0.425. The minimum absolute atomic E-state index is 0.240. The molecule has 2 rings (SSSR count). The molecule has 0 amide bonds. The summed E-state index contributed by atoms with van der Waals surface area (Å²) in [5.74, 6) is 1.29. The minimum atomic E-state index is -0.324. The molecule has 24 heavy (non-hydrogen) atoms. The number of methoxy groups -OCH3 is 2. The molecule has 0 saturated carbocycles. The maximum absolute atomic E-state index is 11.2. The van der Waals surface area contributed by atoms with Gasteiger partial charge in [-0.1, -0.05) is 6.07 Å². The maximum Gasteiger partial charge on any atom is 0.325 e. The van der Waals surface area contributed by atoms with E-state index in [1.54, 1.807) is 18.9 Å². The van der Waals surface area contributed by atoms with Gasteiger partial charge in [-0.2, -0.15) is 0 Å². The molecule has 1 heterocycles.